The number of sulfonamides is 2. The Labute approximate surface area is 281 Å². The van der Waals surface area contributed by atoms with Crippen LogP contribution in [-0.4, -0.2) is 97.2 Å². The van der Waals surface area contributed by atoms with Gasteiger partial charge in [-0.1, -0.05) is 31.0 Å². The molecular weight excluding hydrogens is 712 g/mol. The van der Waals surface area contributed by atoms with Crippen LogP contribution < -0.4 is 4.90 Å². The molecule has 1 fully saturated rings. The van der Waals surface area contributed by atoms with Gasteiger partial charge in [0.2, 0.25) is 15.0 Å². The van der Waals surface area contributed by atoms with E-state index >= 15 is 0 Å². The third kappa shape index (κ3) is 6.95. The summed E-state index contributed by atoms with van der Waals surface area (Å²) in [5.41, 5.74) is -0.765. The van der Waals surface area contributed by atoms with Crippen molar-refractivity contribution < 1.29 is 34.7 Å². The van der Waals surface area contributed by atoms with Crippen LogP contribution in [-0.2, 0) is 38.0 Å². The van der Waals surface area contributed by atoms with Crippen molar-refractivity contribution in [2.75, 3.05) is 31.3 Å². The van der Waals surface area contributed by atoms with E-state index < -0.39 is 50.1 Å². The largest absolute Gasteiger partial charge is 0.445 e. The molecule has 21 heteroatoms. The summed E-state index contributed by atoms with van der Waals surface area (Å²) >= 11 is 0.265. The summed E-state index contributed by atoms with van der Waals surface area (Å²) in [7, 11) is -8.16. The number of anilines is 1. The number of rotatable bonds is 12. The molecule has 3 heterocycles. The first-order chi connectivity index (χ1) is 22.2. The summed E-state index contributed by atoms with van der Waals surface area (Å²) in [6, 6.07) is 5.56. The predicted molar refractivity (Wildman–Crippen MR) is 177 cm³/mol. The summed E-state index contributed by atoms with van der Waals surface area (Å²) in [5, 5.41) is 23.6. The monoisotopic (exact) mass is 747 g/mol. The molecule has 0 atom stereocenters. The lowest BCUT2D eigenvalue weighted by Crippen LogP contribution is -2.44. The number of halogens is 3. The number of benzene rings is 1. The molecule has 1 saturated carbocycles. The fourth-order valence-electron chi connectivity index (χ4n) is 4.99. The Morgan fingerprint density at radius 3 is 2.35 bits per heavy atom. The van der Waals surface area contributed by atoms with Crippen molar-refractivity contribution in [2.45, 2.75) is 74.2 Å². The Morgan fingerprint density at radius 1 is 1.15 bits per heavy atom. The molecule has 14 nitrogen and oxygen atoms in total. The molecule has 3 aromatic rings. The van der Waals surface area contributed by atoms with E-state index in [1.807, 2.05) is 0 Å². The van der Waals surface area contributed by atoms with Crippen molar-refractivity contribution in [1.82, 2.24) is 28.7 Å². The number of hydrogen-bond donors (Lipinski definition) is 0. The predicted octanol–water partition coefficient (Wildman–Crippen LogP) is 4.27. The fourth-order valence-corrected chi connectivity index (χ4v) is 9.13. The lowest BCUT2D eigenvalue weighted by atomic mass is 10.1. The molecule has 5 rings (SSSR count). The Morgan fingerprint density at radius 2 is 1.83 bits per heavy atom. The number of nitriles is 1. The molecule has 0 spiro atoms. The number of nitrogens with zero attached hydrogens (tertiary/aromatic N) is 9. The van der Waals surface area contributed by atoms with Gasteiger partial charge in [0, 0.05) is 33.7 Å². The van der Waals surface area contributed by atoms with Crippen LogP contribution in [0.15, 0.2) is 22.1 Å². The first kappa shape index (κ1) is 36.1. The fraction of sp³-hybridized carbons (Fsp3) is 0.593. The number of aromatic nitrogens is 4. The van der Waals surface area contributed by atoms with Gasteiger partial charge in [0.05, 0.1) is 34.0 Å². The summed E-state index contributed by atoms with van der Waals surface area (Å²) in [6.45, 7) is 9.46. The Hall–Kier alpha value is -3.16. The van der Waals surface area contributed by atoms with Crippen LogP contribution in [0.1, 0.15) is 31.7 Å². The summed E-state index contributed by atoms with van der Waals surface area (Å²) < 4.78 is 104. The molecule has 0 unspecified atom stereocenters. The highest BCUT2D eigenvalue weighted by Crippen LogP contribution is 2.46. The van der Waals surface area contributed by atoms with E-state index in [9.17, 15) is 35.3 Å². The number of ether oxygens (including phenoxy) is 1. The highest BCUT2D eigenvalue weighted by Gasteiger charge is 2.54. The second-order valence-electron chi connectivity index (χ2n) is 13.1. The Bertz CT molecular complexity index is 2000. The number of fused-ring (bicyclic) bond motifs is 1. The number of hydrogen-bond acceptors (Lipinski definition) is 12. The standard InChI is InChI=1S/C27H36F3N9O5S3Si/c1-18(2)46(40,41)39-10-9-37(16-32-39)21-14-19(47(42,43)38(26(15-31)7-8-26)17-44-11-12-48(4,5)6)13-20-22(35-36(3)23(20)21)24-33-34-25(45-24)27(28,29)30/h13-14,16,18H,7-12,17H2,1-6H3. The molecule has 0 amide bonds. The van der Waals surface area contributed by atoms with E-state index in [0.717, 1.165) is 14.8 Å². The van der Waals surface area contributed by atoms with Crippen molar-refractivity contribution in [3.8, 4) is 16.8 Å². The molecule has 2 aliphatic rings. The molecule has 1 aromatic carbocycles. The molecule has 2 aromatic heterocycles. The number of alkyl halides is 3. The van der Waals surface area contributed by atoms with Gasteiger partial charge in [-0.2, -0.15) is 37.4 Å². The van der Waals surface area contributed by atoms with Gasteiger partial charge in [0.25, 0.3) is 10.0 Å². The number of aryl methyl sites for hydroxylation is 1. The average molecular weight is 748 g/mol. The highest BCUT2D eigenvalue weighted by molar-refractivity contribution is 7.89. The molecule has 48 heavy (non-hydrogen) atoms. The SMILES string of the molecule is CC(C)S(=O)(=O)N1CCN(c2cc(S(=O)(=O)N(COCC[Si](C)(C)C)C3(C#N)CC3)cc3c(-c4nnc(C(F)(F)F)s4)nn(C)c23)C=N1. The van der Waals surface area contributed by atoms with E-state index in [1.165, 1.54) is 37.0 Å². The van der Waals surface area contributed by atoms with E-state index in [4.69, 9.17) is 4.74 Å². The van der Waals surface area contributed by atoms with E-state index in [-0.39, 0.29) is 57.8 Å². The second-order valence-corrected chi connectivity index (χ2v) is 24.0. The van der Waals surface area contributed by atoms with Gasteiger partial charge in [0.15, 0.2) is 5.01 Å². The van der Waals surface area contributed by atoms with Gasteiger partial charge in [-0.25, -0.2) is 16.8 Å². The van der Waals surface area contributed by atoms with Crippen LogP contribution in [0.25, 0.3) is 21.6 Å². The maximum Gasteiger partial charge on any atom is 0.445 e. The topological polar surface area (TPSA) is 167 Å². The van der Waals surface area contributed by atoms with Crippen LogP contribution in [0.2, 0.25) is 25.7 Å². The lowest BCUT2D eigenvalue weighted by molar-refractivity contribution is -0.138. The minimum absolute atomic E-state index is 0.0314. The molecule has 1 aliphatic carbocycles. The Kier molecular flexibility index (Phi) is 9.50. The summed E-state index contributed by atoms with van der Waals surface area (Å²) in [4.78, 5) is 1.28. The van der Waals surface area contributed by atoms with E-state index in [1.54, 1.807) is 11.9 Å². The van der Waals surface area contributed by atoms with Gasteiger partial charge in [0.1, 0.15) is 24.3 Å². The molecule has 1 aliphatic heterocycles. The van der Waals surface area contributed by atoms with Crippen LogP contribution in [0, 0.1) is 11.3 Å². The molecule has 0 bridgehead atoms. The third-order valence-corrected chi connectivity index (χ3v) is 14.6. The second kappa shape index (κ2) is 12.6. The first-order valence-corrected chi connectivity index (χ1v) is 22.4. The van der Waals surface area contributed by atoms with Gasteiger partial charge < -0.3 is 9.64 Å². The minimum atomic E-state index is -4.75. The van der Waals surface area contributed by atoms with Crippen molar-refractivity contribution >= 4 is 62.4 Å². The van der Waals surface area contributed by atoms with Crippen molar-refractivity contribution in [2.24, 2.45) is 12.1 Å². The normalized spacial score (nSPS) is 17.1. The third-order valence-electron chi connectivity index (χ3n) is 8.02. The Balaban J connectivity index is 1.66. The summed E-state index contributed by atoms with van der Waals surface area (Å²) in [5.74, 6) is 0. The molecule has 0 saturated heterocycles. The first-order valence-electron chi connectivity index (χ1n) is 15.0. The zero-order valence-corrected chi connectivity index (χ0v) is 30.6. The maximum atomic E-state index is 14.5. The summed E-state index contributed by atoms with van der Waals surface area (Å²) in [6.07, 6.45) is -2.89. The van der Waals surface area contributed by atoms with Crippen LogP contribution >= 0.6 is 11.3 Å². The van der Waals surface area contributed by atoms with Crippen LogP contribution in [0.4, 0.5) is 18.9 Å². The molecule has 262 valence electrons. The van der Waals surface area contributed by atoms with Gasteiger partial charge in [-0.05, 0) is 44.9 Å². The van der Waals surface area contributed by atoms with Crippen molar-refractivity contribution in [3.05, 3.63) is 17.1 Å². The van der Waals surface area contributed by atoms with Gasteiger partial charge in [-0.3, -0.25) is 4.68 Å². The molecule has 0 radical (unpaired) electrons. The minimum Gasteiger partial charge on any atom is -0.365 e. The van der Waals surface area contributed by atoms with Crippen molar-refractivity contribution in [3.63, 3.8) is 0 Å². The number of hydrazone groups is 1. The molecule has 0 N–H and O–H groups in total. The van der Waals surface area contributed by atoms with E-state index in [2.05, 4.69) is 46.1 Å². The van der Waals surface area contributed by atoms with E-state index in [0.29, 0.717) is 25.0 Å². The average Bonchev–Trinajstić information content (AvgIpc) is 3.47. The zero-order chi connectivity index (χ0) is 35.4. The lowest BCUT2D eigenvalue weighted by Gasteiger charge is -2.31. The highest BCUT2D eigenvalue weighted by atomic mass is 32.2. The maximum absolute atomic E-state index is 14.5. The van der Waals surface area contributed by atoms with Crippen LogP contribution in [0.3, 0.4) is 0 Å². The zero-order valence-electron chi connectivity index (χ0n) is 27.2. The smallest absolute Gasteiger partial charge is 0.365 e. The van der Waals surface area contributed by atoms with Gasteiger partial charge in [-0.15, -0.1) is 10.2 Å². The van der Waals surface area contributed by atoms with Crippen LogP contribution in [0.5, 0.6) is 0 Å². The quantitative estimate of drug-likeness (QED) is 0.148. The van der Waals surface area contributed by atoms with Gasteiger partial charge >= 0.3 is 6.18 Å². The van der Waals surface area contributed by atoms with Crippen molar-refractivity contribution in [1.29, 1.82) is 5.26 Å². The molecular formula is C27H36F3N9O5S3Si.